The van der Waals surface area contributed by atoms with Crippen molar-refractivity contribution >= 4 is 16.0 Å². The average molecular weight is 660 g/mol. The Balaban J connectivity index is 4.02. The SMILES string of the molecule is CCCCCCCCCCC/C=C\CCCCCCC(O)C(=O)NC(CS(=O)(=O)O)C(O)CCCCCCCCCCCCC. The molecule has 3 unspecified atom stereocenters. The molecule has 0 aromatic heterocycles. The fourth-order valence-electron chi connectivity index (χ4n) is 5.87. The number of unbranched alkanes of at least 4 members (excludes halogenated alkanes) is 23. The number of allylic oxidation sites excluding steroid dienone is 2. The van der Waals surface area contributed by atoms with Crippen molar-refractivity contribution in [3.8, 4) is 0 Å². The molecule has 3 atom stereocenters. The Morgan fingerprint density at radius 2 is 0.933 bits per heavy atom. The number of aliphatic hydroxyl groups excluding tert-OH is 2. The number of hydrogen-bond donors (Lipinski definition) is 4. The van der Waals surface area contributed by atoms with Gasteiger partial charge in [-0.25, -0.2) is 0 Å². The van der Waals surface area contributed by atoms with Crippen LogP contribution in [-0.4, -0.2) is 53.1 Å². The highest BCUT2D eigenvalue weighted by Crippen LogP contribution is 2.15. The van der Waals surface area contributed by atoms with E-state index in [-0.39, 0.29) is 6.42 Å². The van der Waals surface area contributed by atoms with Gasteiger partial charge in [-0.15, -0.1) is 0 Å². The van der Waals surface area contributed by atoms with Crippen LogP contribution in [0.4, 0.5) is 0 Å². The van der Waals surface area contributed by atoms with Crippen LogP contribution in [0, 0.1) is 0 Å². The molecule has 0 aliphatic carbocycles. The Morgan fingerprint density at radius 3 is 1.33 bits per heavy atom. The minimum Gasteiger partial charge on any atom is -0.391 e. The summed E-state index contributed by atoms with van der Waals surface area (Å²) in [7, 11) is -4.40. The first-order valence-corrected chi connectivity index (χ1v) is 20.6. The minimum absolute atomic E-state index is 0.285. The van der Waals surface area contributed by atoms with Gasteiger partial charge in [-0.05, 0) is 38.5 Å². The van der Waals surface area contributed by atoms with Gasteiger partial charge in [0.1, 0.15) is 6.10 Å². The molecule has 0 saturated heterocycles. The molecule has 8 heteroatoms. The fraction of sp³-hybridized carbons (Fsp3) is 0.919. The van der Waals surface area contributed by atoms with Crippen LogP contribution >= 0.6 is 0 Å². The third kappa shape index (κ3) is 31.4. The van der Waals surface area contributed by atoms with E-state index in [0.717, 1.165) is 51.4 Å². The summed E-state index contributed by atoms with van der Waals surface area (Å²) in [6.07, 6.45) is 33.7. The second-order valence-corrected chi connectivity index (χ2v) is 14.8. The largest absolute Gasteiger partial charge is 0.391 e. The predicted octanol–water partition coefficient (Wildman–Crippen LogP) is 9.60. The Morgan fingerprint density at radius 1 is 0.578 bits per heavy atom. The summed E-state index contributed by atoms with van der Waals surface area (Å²) in [5, 5.41) is 23.4. The van der Waals surface area contributed by atoms with E-state index in [4.69, 9.17) is 0 Å². The van der Waals surface area contributed by atoms with E-state index < -0.39 is 40.0 Å². The highest BCUT2D eigenvalue weighted by Gasteiger charge is 2.28. The van der Waals surface area contributed by atoms with Gasteiger partial charge in [-0.2, -0.15) is 8.42 Å². The fourth-order valence-corrected chi connectivity index (χ4v) is 6.63. The molecule has 7 nitrogen and oxygen atoms in total. The summed E-state index contributed by atoms with van der Waals surface area (Å²) < 4.78 is 32.4. The number of aliphatic hydroxyl groups is 2. The standard InChI is InChI=1S/C37H73NO6S/c1-3-5-7-9-11-13-15-16-17-18-19-20-22-24-26-28-30-32-36(40)37(41)38-34(33-45(42,43)44)35(39)31-29-27-25-23-21-14-12-10-8-6-4-2/h19-20,34-36,39-40H,3-18,21-33H2,1-2H3,(H,38,41)(H,42,43,44)/b20-19-. The molecule has 0 radical (unpaired) electrons. The first kappa shape index (κ1) is 44.0. The second kappa shape index (κ2) is 31.6. The van der Waals surface area contributed by atoms with Crippen molar-refractivity contribution in [2.75, 3.05) is 5.75 Å². The third-order valence-corrected chi connectivity index (χ3v) is 9.61. The number of amides is 1. The number of nitrogens with one attached hydrogen (secondary N) is 1. The average Bonchev–Trinajstić information content (AvgIpc) is 3.00. The lowest BCUT2D eigenvalue weighted by molar-refractivity contribution is -0.131. The maximum atomic E-state index is 12.5. The monoisotopic (exact) mass is 660 g/mol. The Kier molecular flexibility index (Phi) is 31.0. The summed E-state index contributed by atoms with van der Waals surface area (Å²) in [6, 6.07) is -1.15. The van der Waals surface area contributed by atoms with E-state index in [0.29, 0.717) is 19.3 Å². The predicted molar refractivity (Wildman–Crippen MR) is 190 cm³/mol. The normalized spacial score (nSPS) is 14.2. The number of hydrogen-bond acceptors (Lipinski definition) is 5. The van der Waals surface area contributed by atoms with Crippen molar-refractivity contribution in [3.05, 3.63) is 12.2 Å². The van der Waals surface area contributed by atoms with Crippen molar-refractivity contribution in [3.63, 3.8) is 0 Å². The van der Waals surface area contributed by atoms with Crippen LogP contribution in [0.5, 0.6) is 0 Å². The smallest absolute Gasteiger partial charge is 0.266 e. The van der Waals surface area contributed by atoms with Crippen molar-refractivity contribution in [2.45, 2.75) is 212 Å². The summed E-state index contributed by atoms with van der Waals surface area (Å²) >= 11 is 0. The van der Waals surface area contributed by atoms with E-state index in [2.05, 4.69) is 31.3 Å². The first-order chi connectivity index (χ1) is 21.7. The quantitative estimate of drug-likeness (QED) is 0.0310. The van der Waals surface area contributed by atoms with Gasteiger partial charge in [0, 0.05) is 0 Å². The van der Waals surface area contributed by atoms with Crippen molar-refractivity contribution < 1.29 is 28.0 Å². The molecule has 45 heavy (non-hydrogen) atoms. The van der Waals surface area contributed by atoms with Gasteiger partial charge >= 0.3 is 0 Å². The zero-order chi connectivity index (χ0) is 33.4. The van der Waals surface area contributed by atoms with Gasteiger partial charge in [0.15, 0.2) is 0 Å². The molecule has 0 spiro atoms. The Hall–Kier alpha value is -0.960. The molecule has 4 N–H and O–H groups in total. The molecule has 0 aliphatic rings. The van der Waals surface area contributed by atoms with Crippen LogP contribution in [-0.2, 0) is 14.9 Å². The number of carbonyl (C=O) groups excluding carboxylic acids is 1. The summed E-state index contributed by atoms with van der Waals surface area (Å²) in [5.74, 6) is -1.46. The highest BCUT2D eigenvalue weighted by atomic mass is 32.2. The number of rotatable bonds is 34. The van der Waals surface area contributed by atoms with Crippen LogP contribution < -0.4 is 5.32 Å². The van der Waals surface area contributed by atoms with Crippen LogP contribution in [0.1, 0.15) is 194 Å². The molecule has 0 fully saturated rings. The van der Waals surface area contributed by atoms with Crippen LogP contribution in [0.15, 0.2) is 12.2 Å². The molecular weight excluding hydrogens is 586 g/mol. The van der Waals surface area contributed by atoms with Crippen molar-refractivity contribution in [1.82, 2.24) is 5.32 Å². The molecular formula is C37H73NO6S. The van der Waals surface area contributed by atoms with E-state index >= 15 is 0 Å². The van der Waals surface area contributed by atoms with Gasteiger partial charge in [-0.1, -0.05) is 167 Å². The molecule has 0 aromatic rings. The molecule has 268 valence electrons. The maximum Gasteiger partial charge on any atom is 0.266 e. The van der Waals surface area contributed by atoms with Crippen LogP contribution in [0.3, 0.4) is 0 Å². The van der Waals surface area contributed by atoms with Crippen molar-refractivity contribution in [2.24, 2.45) is 0 Å². The van der Waals surface area contributed by atoms with Gasteiger partial charge in [0.2, 0.25) is 5.91 Å². The summed E-state index contributed by atoms with van der Waals surface area (Å²) in [4.78, 5) is 12.5. The van der Waals surface area contributed by atoms with Gasteiger partial charge in [0.05, 0.1) is 17.9 Å². The molecule has 0 aromatic carbocycles. The molecule has 0 aliphatic heterocycles. The Bertz CT molecular complexity index is 788. The topological polar surface area (TPSA) is 124 Å². The molecule has 0 rings (SSSR count). The zero-order valence-corrected chi connectivity index (χ0v) is 30.2. The van der Waals surface area contributed by atoms with Crippen molar-refractivity contribution in [1.29, 1.82) is 0 Å². The third-order valence-electron chi connectivity index (χ3n) is 8.83. The van der Waals surface area contributed by atoms with E-state index in [1.165, 1.54) is 103 Å². The minimum atomic E-state index is -4.40. The van der Waals surface area contributed by atoms with Gasteiger partial charge in [-0.3, -0.25) is 9.35 Å². The van der Waals surface area contributed by atoms with E-state index in [1.807, 2.05) is 0 Å². The zero-order valence-electron chi connectivity index (χ0n) is 29.4. The highest BCUT2D eigenvalue weighted by molar-refractivity contribution is 7.85. The maximum absolute atomic E-state index is 12.5. The lowest BCUT2D eigenvalue weighted by atomic mass is 10.0. The lowest BCUT2D eigenvalue weighted by Crippen LogP contribution is -2.50. The van der Waals surface area contributed by atoms with E-state index in [9.17, 15) is 28.0 Å². The number of carbonyl (C=O) groups is 1. The van der Waals surface area contributed by atoms with E-state index in [1.54, 1.807) is 0 Å². The summed E-state index contributed by atoms with van der Waals surface area (Å²) in [6.45, 7) is 4.48. The molecule has 0 saturated carbocycles. The molecule has 0 bridgehead atoms. The van der Waals surface area contributed by atoms with Gasteiger partial charge in [0.25, 0.3) is 10.1 Å². The first-order valence-electron chi connectivity index (χ1n) is 19.0. The lowest BCUT2D eigenvalue weighted by Gasteiger charge is -2.24. The second-order valence-electron chi connectivity index (χ2n) is 13.4. The van der Waals surface area contributed by atoms with Crippen LogP contribution in [0.2, 0.25) is 0 Å². The summed E-state index contributed by atoms with van der Waals surface area (Å²) in [5.41, 5.74) is 0. The van der Waals surface area contributed by atoms with Gasteiger partial charge < -0.3 is 15.5 Å². The Labute approximate surface area is 278 Å². The molecule has 0 heterocycles. The van der Waals surface area contributed by atoms with Crippen LogP contribution in [0.25, 0.3) is 0 Å². The molecule has 1 amide bonds.